The minimum absolute atomic E-state index is 0.0456. The Hall–Kier alpha value is -0.980. The molecule has 0 bridgehead atoms. The molecule has 0 saturated heterocycles. The van der Waals surface area contributed by atoms with Gasteiger partial charge in [-0.3, -0.25) is 0 Å². The standard InChI is InChI=1S/C8H15N3O3/c1-6(4-12)11-7(3-9-10-11)8(13)5-14-2/h3,6,8,12-13H,4-5H2,1-2H3/t6?,8-/m0/s1. The zero-order valence-electron chi connectivity index (χ0n) is 8.29. The summed E-state index contributed by atoms with van der Waals surface area (Å²) >= 11 is 0. The monoisotopic (exact) mass is 201 g/mol. The van der Waals surface area contributed by atoms with Crippen LogP contribution in [0, 0.1) is 0 Å². The smallest absolute Gasteiger partial charge is 0.120 e. The summed E-state index contributed by atoms with van der Waals surface area (Å²) in [4.78, 5) is 0. The van der Waals surface area contributed by atoms with Crippen molar-refractivity contribution in [2.45, 2.75) is 19.1 Å². The molecule has 0 aromatic carbocycles. The Morgan fingerprint density at radius 3 is 2.93 bits per heavy atom. The van der Waals surface area contributed by atoms with Crippen LogP contribution in [0.4, 0.5) is 0 Å². The number of aliphatic hydroxyl groups excluding tert-OH is 2. The molecule has 1 aromatic heterocycles. The third-order valence-corrected chi connectivity index (χ3v) is 1.95. The molecule has 1 rings (SSSR count). The highest BCUT2D eigenvalue weighted by Gasteiger charge is 2.17. The van der Waals surface area contributed by atoms with Gasteiger partial charge in [0.15, 0.2) is 0 Å². The molecular weight excluding hydrogens is 186 g/mol. The summed E-state index contributed by atoms with van der Waals surface area (Å²) in [5.74, 6) is 0. The molecule has 0 radical (unpaired) electrons. The van der Waals surface area contributed by atoms with Gasteiger partial charge in [0, 0.05) is 7.11 Å². The molecule has 2 N–H and O–H groups in total. The largest absolute Gasteiger partial charge is 0.394 e. The fraction of sp³-hybridized carbons (Fsp3) is 0.750. The van der Waals surface area contributed by atoms with E-state index < -0.39 is 6.10 Å². The lowest BCUT2D eigenvalue weighted by Gasteiger charge is -2.15. The number of methoxy groups -OCH3 is 1. The van der Waals surface area contributed by atoms with E-state index in [1.807, 2.05) is 0 Å². The first kappa shape index (κ1) is 11.1. The number of aromatic nitrogens is 3. The van der Waals surface area contributed by atoms with Crippen molar-refractivity contribution in [3.8, 4) is 0 Å². The highest BCUT2D eigenvalue weighted by molar-refractivity contribution is 5.00. The first-order valence-electron chi connectivity index (χ1n) is 4.38. The summed E-state index contributed by atoms with van der Waals surface area (Å²) in [6, 6.07) is -0.195. The van der Waals surface area contributed by atoms with Gasteiger partial charge >= 0.3 is 0 Å². The van der Waals surface area contributed by atoms with Crippen molar-refractivity contribution < 1.29 is 14.9 Å². The fourth-order valence-electron chi connectivity index (χ4n) is 1.15. The second-order valence-electron chi connectivity index (χ2n) is 3.11. The van der Waals surface area contributed by atoms with Crippen molar-refractivity contribution in [3.05, 3.63) is 11.9 Å². The molecule has 1 unspecified atom stereocenters. The fourth-order valence-corrected chi connectivity index (χ4v) is 1.15. The van der Waals surface area contributed by atoms with Crippen molar-refractivity contribution >= 4 is 0 Å². The molecule has 1 aromatic rings. The Balaban J connectivity index is 2.81. The second-order valence-corrected chi connectivity index (χ2v) is 3.11. The van der Waals surface area contributed by atoms with Crippen molar-refractivity contribution in [1.82, 2.24) is 15.0 Å². The maximum atomic E-state index is 9.63. The van der Waals surface area contributed by atoms with E-state index in [-0.39, 0.29) is 19.3 Å². The van der Waals surface area contributed by atoms with E-state index in [1.165, 1.54) is 18.0 Å². The number of aliphatic hydroxyl groups is 2. The molecule has 6 nitrogen and oxygen atoms in total. The van der Waals surface area contributed by atoms with E-state index >= 15 is 0 Å². The first-order valence-corrected chi connectivity index (χ1v) is 4.38. The average molecular weight is 201 g/mol. The van der Waals surface area contributed by atoms with Crippen molar-refractivity contribution in [2.75, 3.05) is 20.3 Å². The lowest BCUT2D eigenvalue weighted by Crippen LogP contribution is -2.18. The average Bonchev–Trinajstić information content (AvgIpc) is 2.65. The van der Waals surface area contributed by atoms with Gasteiger partial charge in [0.2, 0.25) is 0 Å². The van der Waals surface area contributed by atoms with Gasteiger partial charge in [-0.1, -0.05) is 5.21 Å². The summed E-state index contributed by atoms with van der Waals surface area (Å²) in [5.41, 5.74) is 0.549. The highest BCUT2D eigenvalue weighted by atomic mass is 16.5. The number of hydrogen-bond donors (Lipinski definition) is 2. The Labute approximate surface area is 82.1 Å². The molecule has 0 spiro atoms. The molecular formula is C8H15N3O3. The first-order chi connectivity index (χ1) is 6.70. The van der Waals surface area contributed by atoms with Gasteiger partial charge in [-0.15, -0.1) is 5.10 Å². The van der Waals surface area contributed by atoms with Crippen molar-refractivity contribution in [1.29, 1.82) is 0 Å². The molecule has 0 fully saturated rings. The van der Waals surface area contributed by atoms with Crippen LogP contribution in [-0.4, -0.2) is 45.5 Å². The van der Waals surface area contributed by atoms with Crippen LogP contribution in [0.5, 0.6) is 0 Å². The van der Waals surface area contributed by atoms with Crippen molar-refractivity contribution in [2.24, 2.45) is 0 Å². The molecule has 80 valence electrons. The Morgan fingerprint density at radius 2 is 2.36 bits per heavy atom. The maximum absolute atomic E-state index is 9.63. The van der Waals surface area contributed by atoms with Gasteiger partial charge in [-0.25, -0.2) is 4.68 Å². The SMILES string of the molecule is COC[C@H](O)c1cnnn1C(C)CO. The van der Waals surface area contributed by atoms with Gasteiger partial charge in [0.1, 0.15) is 6.10 Å². The number of rotatable bonds is 5. The third-order valence-electron chi connectivity index (χ3n) is 1.95. The van der Waals surface area contributed by atoms with Gasteiger partial charge in [0.25, 0.3) is 0 Å². The zero-order chi connectivity index (χ0) is 10.6. The minimum atomic E-state index is -0.760. The molecule has 0 amide bonds. The predicted octanol–water partition coefficient (Wildman–Crippen LogP) is -0.489. The van der Waals surface area contributed by atoms with Crippen LogP contribution >= 0.6 is 0 Å². The number of hydrogen-bond acceptors (Lipinski definition) is 5. The van der Waals surface area contributed by atoms with Crippen LogP contribution in [0.25, 0.3) is 0 Å². The van der Waals surface area contributed by atoms with Gasteiger partial charge in [-0.05, 0) is 6.92 Å². The van der Waals surface area contributed by atoms with E-state index in [0.29, 0.717) is 5.69 Å². The molecule has 1 heterocycles. The predicted molar refractivity (Wildman–Crippen MR) is 48.7 cm³/mol. The molecule has 0 aliphatic rings. The van der Waals surface area contributed by atoms with E-state index in [9.17, 15) is 5.11 Å². The van der Waals surface area contributed by atoms with Crippen molar-refractivity contribution in [3.63, 3.8) is 0 Å². The quantitative estimate of drug-likeness (QED) is 0.672. The van der Waals surface area contributed by atoms with Crippen LogP contribution in [0.2, 0.25) is 0 Å². The Kier molecular flexibility index (Phi) is 3.99. The lowest BCUT2D eigenvalue weighted by molar-refractivity contribution is 0.0563. The summed E-state index contributed by atoms with van der Waals surface area (Å²) in [6.07, 6.45) is 0.708. The molecule has 0 aliphatic carbocycles. The number of nitrogens with zero attached hydrogens (tertiary/aromatic N) is 3. The van der Waals surface area contributed by atoms with E-state index in [0.717, 1.165) is 0 Å². The van der Waals surface area contributed by atoms with Crippen LogP contribution in [-0.2, 0) is 4.74 Å². The van der Waals surface area contributed by atoms with Crippen LogP contribution in [0.3, 0.4) is 0 Å². The van der Waals surface area contributed by atoms with Gasteiger partial charge in [-0.2, -0.15) is 0 Å². The lowest BCUT2D eigenvalue weighted by atomic mass is 10.2. The Bertz CT molecular complexity index is 277. The summed E-state index contributed by atoms with van der Waals surface area (Å²) < 4.78 is 6.30. The highest BCUT2D eigenvalue weighted by Crippen LogP contribution is 2.15. The van der Waals surface area contributed by atoms with Gasteiger partial charge < -0.3 is 14.9 Å². The summed E-state index contributed by atoms with van der Waals surface area (Å²) in [5, 5.41) is 26.0. The summed E-state index contributed by atoms with van der Waals surface area (Å²) in [7, 11) is 1.51. The zero-order valence-corrected chi connectivity index (χ0v) is 8.29. The third kappa shape index (κ3) is 2.28. The molecule has 2 atom stereocenters. The normalized spacial score (nSPS) is 15.4. The van der Waals surface area contributed by atoms with E-state index in [1.54, 1.807) is 6.92 Å². The number of ether oxygens (including phenoxy) is 1. The van der Waals surface area contributed by atoms with Crippen LogP contribution in [0.15, 0.2) is 6.20 Å². The van der Waals surface area contributed by atoms with Crippen LogP contribution < -0.4 is 0 Å². The van der Waals surface area contributed by atoms with E-state index in [2.05, 4.69) is 10.3 Å². The second kappa shape index (κ2) is 5.04. The maximum Gasteiger partial charge on any atom is 0.120 e. The van der Waals surface area contributed by atoms with E-state index in [4.69, 9.17) is 9.84 Å². The molecule has 6 heteroatoms. The van der Waals surface area contributed by atoms with Gasteiger partial charge in [0.05, 0.1) is 31.1 Å². The molecule has 0 aliphatic heterocycles. The Morgan fingerprint density at radius 1 is 1.64 bits per heavy atom. The minimum Gasteiger partial charge on any atom is -0.394 e. The topological polar surface area (TPSA) is 80.4 Å². The molecule has 14 heavy (non-hydrogen) atoms. The summed E-state index contributed by atoms with van der Waals surface area (Å²) in [6.45, 7) is 1.93. The molecule has 0 saturated carbocycles. The van der Waals surface area contributed by atoms with Crippen LogP contribution in [0.1, 0.15) is 24.8 Å².